The summed E-state index contributed by atoms with van der Waals surface area (Å²) in [5.41, 5.74) is 2.45. The third-order valence-corrected chi connectivity index (χ3v) is 4.36. The Balaban J connectivity index is 0.00000192. The van der Waals surface area contributed by atoms with E-state index in [0.29, 0.717) is 13.2 Å². The van der Waals surface area contributed by atoms with Crippen LogP contribution >= 0.6 is 0 Å². The van der Waals surface area contributed by atoms with Crippen LogP contribution in [0.15, 0.2) is 36.4 Å². The minimum atomic E-state index is -0.170. The lowest BCUT2D eigenvalue weighted by Crippen LogP contribution is -3.00. The average molecular weight is 423 g/mol. The zero-order chi connectivity index (χ0) is 15.7. The molecular formula is C19H22INO2. The van der Waals surface area contributed by atoms with Gasteiger partial charge in [0.1, 0.15) is 0 Å². The van der Waals surface area contributed by atoms with Gasteiger partial charge < -0.3 is 28.7 Å². The second-order valence-corrected chi connectivity index (χ2v) is 6.41. The standard InChI is InChI=1S/C19H22NO2.HI/c1-4-22-18(21)13-20-12-15-10-9-14-7-5-6-8-16(14)17(15)11-19(20,2)3;/h5-10,12H,4,11,13H2,1-3H3;1H/q+1;/p-1. The smallest absolute Gasteiger partial charge is 0.372 e. The molecule has 0 bridgehead atoms. The maximum atomic E-state index is 11.8. The number of rotatable bonds is 3. The minimum Gasteiger partial charge on any atom is -1.00 e. The molecule has 0 amide bonds. The van der Waals surface area contributed by atoms with E-state index in [1.54, 1.807) is 0 Å². The molecule has 0 fully saturated rings. The van der Waals surface area contributed by atoms with E-state index in [4.69, 9.17) is 4.74 Å². The minimum absolute atomic E-state index is 0. The van der Waals surface area contributed by atoms with Crippen molar-refractivity contribution in [3.63, 3.8) is 0 Å². The summed E-state index contributed by atoms with van der Waals surface area (Å²) >= 11 is 0. The maximum Gasteiger partial charge on any atom is 0.372 e. The first-order valence-electron chi connectivity index (χ1n) is 7.79. The van der Waals surface area contributed by atoms with E-state index in [2.05, 4.69) is 61.0 Å². The van der Waals surface area contributed by atoms with Crippen molar-refractivity contribution in [3.05, 3.63) is 47.5 Å². The molecule has 0 unspecified atom stereocenters. The van der Waals surface area contributed by atoms with Crippen LogP contribution in [0.5, 0.6) is 0 Å². The van der Waals surface area contributed by atoms with E-state index in [-0.39, 0.29) is 35.5 Å². The van der Waals surface area contributed by atoms with Crippen LogP contribution in [-0.4, -0.2) is 35.4 Å². The van der Waals surface area contributed by atoms with Gasteiger partial charge in [-0.25, -0.2) is 9.37 Å². The molecule has 1 aliphatic rings. The molecule has 0 N–H and O–H groups in total. The molecular weight excluding hydrogens is 401 g/mol. The number of nitrogens with zero attached hydrogens (tertiary/aromatic N) is 1. The summed E-state index contributed by atoms with van der Waals surface area (Å²) in [5, 5.41) is 2.57. The SMILES string of the molecule is CCOC(=O)C[N+]1=Cc2ccc3ccccc3c2CC1(C)C.[I-]. The molecule has 23 heavy (non-hydrogen) atoms. The van der Waals surface area contributed by atoms with Crippen LogP contribution in [-0.2, 0) is 16.0 Å². The van der Waals surface area contributed by atoms with Crippen LogP contribution in [0.25, 0.3) is 10.8 Å². The van der Waals surface area contributed by atoms with Crippen LogP contribution in [0, 0.1) is 0 Å². The van der Waals surface area contributed by atoms with Crippen molar-refractivity contribution in [2.75, 3.05) is 13.2 Å². The van der Waals surface area contributed by atoms with Crippen LogP contribution in [0.4, 0.5) is 0 Å². The second kappa shape index (κ2) is 6.99. The fourth-order valence-corrected chi connectivity index (χ4v) is 3.15. The largest absolute Gasteiger partial charge is 1.00 e. The summed E-state index contributed by atoms with van der Waals surface area (Å²) < 4.78 is 7.19. The Bertz CT molecular complexity index is 765. The quantitative estimate of drug-likeness (QED) is 0.401. The molecule has 0 saturated heterocycles. The fraction of sp³-hybridized carbons (Fsp3) is 0.368. The first-order valence-corrected chi connectivity index (χ1v) is 7.79. The molecule has 4 heteroatoms. The maximum absolute atomic E-state index is 11.8. The Morgan fingerprint density at radius 3 is 2.70 bits per heavy atom. The summed E-state index contributed by atoms with van der Waals surface area (Å²) in [6.45, 7) is 6.91. The van der Waals surface area contributed by atoms with Crippen molar-refractivity contribution >= 4 is 23.0 Å². The lowest BCUT2D eigenvalue weighted by Gasteiger charge is -2.28. The zero-order valence-electron chi connectivity index (χ0n) is 13.8. The molecule has 3 nitrogen and oxygen atoms in total. The molecule has 0 saturated carbocycles. The number of carbonyl (C=O) groups excluding carboxylic acids is 1. The number of fused-ring (bicyclic) bond motifs is 3. The number of hydrogen-bond donors (Lipinski definition) is 0. The number of hydrogen-bond acceptors (Lipinski definition) is 2. The Morgan fingerprint density at radius 1 is 1.22 bits per heavy atom. The van der Waals surface area contributed by atoms with Gasteiger partial charge in [-0.15, -0.1) is 0 Å². The van der Waals surface area contributed by atoms with Crippen LogP contribution < -0.4 is 24.0 Å². The highest BCUT2D eigenvalue weighted by atomic mass is 127. The average Bonchev–Trinajstić information content (AvgIpc) is 2.48. The lowest BCUT2D eigenvalue weighted by molar-refractivity contribution is -0.589. The van der Waals surface area contributed by atoms with Gasteiger partial charge in [0.25, 0.3) is 0 Å². The Kier molecular flexibility index (Phi) is 5.45. The van der Waals surface area contributed by atoms with Gasteiger partial charge in [0.2, 0.25) is 6.54 Å². The first kappa shape index (κ1) is 17.9. The molecule has 0 radical (unpaired) electrons. The number of benzene rings is 2. The third-order valence-electron chi connectivity index (χ3n) is 4.36. The summed E-state index contributed by atoms with van der Waals surface area (Å²) in [6.07, 6.45) is 3.02. The zero-order valence-corrected chi connectivity index (χ0v) is 16.0. The first-order chi connectivity index (χ1) is 10.5. The molecule has 2 aromatic carbocycles. The monoisotopic (exact) mass is 423 g/mol. The van der Waals surface area contributed by atoms with Gasteiger partial charge in [0.15, 0.2) is 11.8 Å². The molecule has 122 valence electrons. The molecule has 0 aromatic heterocycles. The predicted molar refractivity (Wildman–Crippen MR) is 88.7 cm³/mol. The predicted octanol–water partition coefficient (Wildman–Crippen LogP) is 0.173. The van der Waals surface area contributed by atoms with E-state index in [1.807, 2.05) is 6.92 Å². The Labute approximate surface area is 154 Å². The molecule has 3 rings (SSSR count). The van der Waals surface area contributed by atoms with Crippen molar-refractivity contribution in [2.24, 2.45) is 0 Å². The van der Waals surface area contributed by atoms with Gasteiger partial charge in [-0.05, 0) is 29.3 Å². The lowest BCUT2D eigenvalue weighted by atomic mass is 9.85. The number of ether oxygens (including phenoxy) is 1. The highest BCUT2D eigenvalue weighted by Crippen LogP contribution is 2.30. The molecule has 2 aromatic rings. The van der Waals surface area contributed by atoms with Crippen molar-refractivity contribution in [2.45, 2.75) is 32.7 Å². The van der Waals surface area contributed by atoms with Crippen LogP contribution in [0.2, 0.25) is 0 Å². The van der Waals surface area contributed by atoms with Crippen molar-refractivity contribution < 1.29 is 38.1 Å². The molecule has 0 aliphatic carbocycles. The van der Waals surface area contributed by atoms with Crippen LogP contribution in [0.3, 0.4) is 0 Å². The molecule has 1 aliphatic heterocycles. The second-order valence-electron chi connectivity index (χ2n) is 6.41. The summed E-state index contributed by atoms with van der Waals surface area (Å²) in [5.74, 6) is -0.170. The van der Waals surface area contributed by atoms with Crippen molar-refractivity contribution in [3.8, 4) is 0 Å². The van der Waals surface area contributed by atoms with E-state index in [0.717, 1.165) is 6.42 Å². The number of carbonyl (C=O) groups is 1. The fourth-order valence-electron chi connectivity index (χ4n) is 3.15. The van der Waals surface area contributed by atoms with Gasteiger partial charge in [0, 0.05) is 25.8 Å². The van der Waals surface area contributed by atoms with Crippen molar-refractivity contribution in [1.29, 1.82) is 0 Å². The molecule has 0 spiro atoms. The highest BCUT2D eigenvalue weighted by Gasteiger charge is 2.37. The Hall–Kier alpha value is -1.43. The van der Waals surface area contributed by atoms with Gasteiger partial charge in [-0.3, -0.25) is 0 Å². The van der Waals surface area contributed by atoms with Gasteiger partial charge in [-0.1, -0.05) is 30.3 Å². The van der Waals surface area contributed by atoms with E-state index in [1.165, 1.54) is 21.9 Å². The van der Waals surface area contributed by atoms with Crippen molar-refractivity contribution in [1.82, 2.24) is 0 Å². The third kappa shape index (κ3) is 3.57. The summed E-state index contributed by atoms with van der Waals surface area (Å²) in [4.78, 5) is 11.8. The van der Waals surface area contributed by atoms with Crippen LogP contribution in [0.1, 0.15) is 31.9 Å². The summed E-state index contributed by atoms with van der Waals surface area (Å²) in [7, 11) is 0. The van der Waals surface area contributed by atoms with Gasteiger partial charge in [-0.2, -0.15) is 0 Å². The summed E-state index contributed by atoms with van der Waals surface area (Å²) in [6, 6.07) is 12.8. The Morgan fingerprint density at radius 2 is 1.96 bits per heavy atom. The van der Waals surface area contributed by atoms with E-state index in [9.17, 15) is 4.79 Å². The van der Waals surface area contributed by atoms with E-state index >= 15 is 0 Å². The topological polar surface area (TPSA) is 29.3 Å². The highest BCUT2D eigenvalue weighted by molar-refractivity contribution is 5.94. The number of halogens is 1. The normalized spacial score (nSPS) is 15.3. The van der Waals surface area contributed by atoms with Gasteiger partial charge >= 0.3 is 5.97 Å². The number of esters is 1. The molecule has 1 heterocycles. The molecule has 0 atom stereocenters. The van der Waals surface area contributed by atoms with E-state index < -0.39 is 0 Å². The van der Waals surface area contributed by atoms with Gasteiger partial charge in [0.05, 0.1) is 6.61 Å².